The molecule has 3 heteroatoms. The van der Waals surface area contributed by atoms with E-state index in [1.807, 2.05) is 12.1 Å². The summed E-state index contributed by atoms with van der Waals surface area (Å²) in [5.74, 6) is 1.46. The predicted molar refractivity (Wildman–Crippen MR) is 82.1 cm³/mol. The molecule has 2 N–H and O–H groups in total. The van der Waals surface area contributed by atoms with Crippen molar-refractivity contribution in [3.05, 3.63) is 29.8 Å². The molecule has 1 aliphatic rings. The lowest BCUT2D eigenvalue weighted by atomic mass is 9.85. The molecule has 1 aromatic carbocycles. The lowest BCUT2D eigenvalue weighted by molar-refractivity contribution is 0.111. The normalized spacial score (nSPS) is 25.9. The zero-order valence-electron chi connectivity index (χ0n) is 12.7. The smallest absolute Gasteiger partial charge is 0.119 e. The van der Waals surface area contributed by atoms with Crippen LogP contribution in [0.15, 0.2) is 24.3 Å². The summed E-state index contributed by atoms with van der Waals surface area (Å²) in [6, 6.07) is 8.17. The van der Waals surface area contributed by atoms with Gasteiger partial charge in [0, 0.05) is 5.54 Å². The third-order valence-corrected chi connectivity index (χ3v) is 4.49. The van der Waals surface area contributed by atoms with E-state index < -0.39 is 0 Å². The minimum atomic E-state index is -0.0787. The van der Waals surface area contributed by atoms with Crippen molar-refractivity contribution in [3.8, 4) is 5.75 Å². The highest BCUT2D eigenvalue weighted by atomic mass is 16.5. The molecule has 0 heterocycles. The van der Waals surface area contributed by atoms with Gasteiger partial charge in [0.05, 0.1) is 13.2 Å². The number of hydrogen-bond donors (Lipinski definition) is 2. The molecule has 1 aliphatic carbocycles. The van der Waals surface area contributed by atoms with E-state index in [9.17, 15) is 5.11 Å². The number of aryl methyl sites for hydroxylation is 1. The molecule has 2 atom stereocenters. The molecule has 112 valence electrons. The van der Waals surface area contributed by atoms with Crippen molar-refractivity contribution in [2.45, 2.75) is 45.1 Å². The van der Waals surface area contributed by atoms with Crippen molar-refractivity contribution in [2.24, 2.45) is 5.92 Å². The van der Waals surface area contributed by atoms with Crippen LogP contribution < -0.4 is 10.1 Å². The Morgan fingerprint density at radius 2 is 2.30 bits per heavy atom. The summed E-state index contributed by atoms with van der Waals surface area (Å²) in [6.45, 7) is 6.05. The summed E-state index contributed by atoms with van der Waals surface area (Å²) < 4.78 is 5.86. The van der Waals surface area contributed by atoms with Gasteiger partial charge in [-0.25, -0.2) is 0 Å². The molecule has 0 amide bonds. The van der Waals surface area contributed by atoms with Crippen LogP contribution in [-0.4, -0.2) is 30.4 Å². The Morgan fingerprint density at radius 3 is 3.00 bits per heavy atom. The summed E-state index contributed by atoms with van der Waals surface area (Å²) in [4.78, 5) is 0. The van der Waals surface area contributed by atoms with E-state index in [2.05, 4.69) is 31.3 Å². The Bertz CT molecular complexity index is 421. The molecule has 2 unspecified atom stereocenters. The number of ether oxygens (including phenoxy) is 1. The zero-order chi connectivity index (χ0) is 14.4. The summed E-state index contributed by atoms with van der Waals surface area (Å²) in [6.07, 6.45) is 4.46. The second-order valence-electron chi connectivity index (χ2n) is 5.89. The Hall–Kier alpha value is -1.06. The van der Waals surface area contributed by atoms with E-state index >= 15 is 0 Å². The highest BCUT2D eigenvalue weighted by Gasteiger charge is 2.41. The van der Waals surface area contributed by atoms with Crippen LogP contribution in [0.1, 0.15) is 38.2 Å². The second kappa shape index (κ2) is 7.09. The molecule has 2 rings (SSSR count). The molecular formula is C17H27NO2. The fraction of sp³-hybridized carbons (Fsp3) is 0.647. The van der Waals surface area contributed by atoms with E-state index in [0.717, 1.165) is 31.7 Å². The topological polar surface area (TPSA) is 41.5 Å². The van der Waals surface area contributed by atoms with Crippen molar-refractivity contribution in [2.75, 3.05) is 19.8 Å². The molecule has 1 aromatic rings. The van der Waals surface area contributed by atoms with Crippen molar-refractivity contribution >= 4 is 0 Å². The summed E-state index contributed by atoms with van der Waals surface area (Å²) in [5, 5.41) is 13.3. The molecule has 0 aliphatic heterocycles. The van der Waals surface area contributed by atoms with Crippen LogP contribution in [-0.2, 0) is 0 Å². The maximum Gasteiger partial charge on any atom is 0.119 e. The number of aliphatic hydroxyl groups excluding tert-OH is 1. The lowest BCUT2D eigenvalue weighted by Gasteiger charge is -2.34. The van der Waals surface area contributed by atoms with E-state index in [-0.39, 0.29) is 12.1 Å². The highest BCUT2D eigenvalue weighted by Crippen LogP contribution is 2.37. The van der Waals surface area contributed by atoms with Gasteiger partial charge in [-0.2, -0.15) is 0 Å². The van der Waals surface area contributed by atoms with E-state index in [4.69, 9.17) is 4.74 Å². The fourth-order valence-corrected chi connectivity index (χ4v) is 3.44. The summed E-state index contributed by atoms with van der Waals surface area (Å²) >= 11 is 0. The number of rotatable bonds is 7. The van der Waals surface area contributed by atoms with Crippen LogP contribution >= 0.6 is 0 Å². The quantitative estimate of drug-likeness (QED) is 0.805. The van der Waals surface area contributed by atoms with Crippen LogP contribution in [0.3, 0.4) is 0 Å². The molecule has 0 radical (unpaired) electrons. The van der Waals surface area contributed by atoms with Gasteiger partial charge in [-0.05, 0) is 56.3 Å². The highest BCUT2D eigenvalue weighted by molar-refractivity contribution is 5.27. The van der Waals surface area contributed by atoms with E-state index in [0.29, 0.717) is 5.92 Å². The average Bonchev–Trinajstić information content (AvgIpc) is 2.83. The van der Waals surface area contributed by atoms with Gasteiger partial charge in [0.25, 0.3) is 0 Å². The van der Waals surface area contributed by atoms with Crippen LogP contribution in [0.5, 0.6) is 5.75 Å². The molecule has 0 saturated heterocycles. The van der Waals surface area contributed by atoms with Gasteiger partial charge < -0.3 is 15.2 Å². The van der Waals surface area contributed by atoms with E-state index in [1.165, 1.54) is 18.4 Å². The standard InChI is InChI=1S/C17H27NO2/c1-3-18-17(13-19)10-5-7-15(17)9-11-20-16-8-4-6-14(2)12-16/h4,6,8,12,15,18-19H,3,5,7,9-11,13H2,1-2H3. The first kappa shape index (κ1) is 15.3. The number of aliphatic hydroxyl groups is 1. The van der Waals surface area contributed by atoms with Gasteiger partial charge in [0.15, 0.2) is 0 Å². The van der Waals surface area contributed by atoms with Gasteiger partial charge in [-0.1, -0.05) is 25.5 Å². The number of likely N-dealkylation sites (N-methyl/N-ethyl adjacent to an activating group) is 1. The first-order valence-electron chi connectivity index (χ1n) is 7.75. The average molecular weight is 277 g/mol. The Balaban J connectivity index is 1.86. The maximum absolute atomic E-state index is 9.77. The van der Waals surface area contributed by atoms with Gasteiger partial charge in [0.2, 0.25) is 0 Å². The summed E-state index contributed by atoms with van der Waals surface area (Å²) in [7, 11) is 0. The predicted octanol–water partition coefficient (Wildman–Crippen LogP) is 2.90. The molecule has 3 nitrogen and oxygen atoms in total. The van der Waals surface area contributed by atoms with Crippen molar-refractivity contribution in [1.82, 2.24) is 5.32 Å². The van der Waals surface area contributed by atoms with Gasteiger partial charge >= 0.3 is 0 Å². The van der Waals surface area contributed by atoms with Crippen LogP contribution in [0, 0.1) is 12.8 Å². The van der Waals surface area contributed by atoms with Crippen molar-refractivity contribution < 1.29 is 9.84 Å². The maximum atomic E-state index is 9.77. The molecule has 1 saturated carbocycles. The van der Waals surface area contributed by atoms with Crippen molar-refractivity contribution in [3.63, 3.8) is 0 Å². The zero-order valence-corrected chi connectivity index (χ0v) is 12.7. The fourth-order valence-electron chi connectivity index (χ4n) is 3.44. The third kappa shape index (κ3) is 3.53. The molecule has 1 fully saturated rings. The monoisotopic (exact) mass is 277 g/mol. The largest absolute Gasteiger partial charge is 0.494 e. The number of nitrogens with one attached hydrogen (secondary N) is 1. The first-order valence-corrected chi connectivity index (χ1v) is 7.75. The van der Waals surface area contributed by atoms with Crippen molar-refractivity contribution in [1.29, 1.82) is 0 Å². The SMILES string of the molecule is CCNC1(CO)CCCC1CCOc1cccc(C)c1. The van der Waals surface area contributed by atoms with Gasteiger partial charge in [0.1, 0.15) is 5.75 Å². The van der Waals surface area contributed by atoms with Gasteiger partial charge in [-0.3, -0.25) is 0 Å². The lowest BCUT2D eigenvalue weighted by Crippen LogP contribution is -2.51. The number of hydrogen-bond acceptors (Lipinski definition) is 3. The Kier molecular flexibility index (Phi) is 5.44. The molecular weight excluding hydrogens is 250 g/mol. The molecule has 0 spiro atoms. The minimum Gasteiger partial charge on any atom is -0.494 e. The Labute approximate surface area is 122 Å². The minimum absolute atomic E-state index is 0.0787. The molecule has 20 heavy (non-hydrogen) atoms. The molecule has 0 bridgehead atoms. The Morgan fingerprint density at radius 1 is 1.45 bits per heavy atom. The van der Waals surface area contributed by atoms with Crippen LogP contribution in [0.25, 0.3) is 0 Å². The van der Waals surface area contributed by atoms with Crippen LogP contribution in [0.2, 0.25) is 0 Å². The van der Waals surface area contributed by atoms with E-state index in [1.54, 1.807) is 0 Å². The van der Waals surface area contributed by atoms with Gasteiger partial charge in [-0.15, -0.1) is 0 Å². The first-order chi connectivity index (χ1) is 9.70. The molecule has 0 aromatic heterocycles. The second-order valence-corrected chi connectivity index (χ2v) is 5.89. The van der Waals surface area contributed by atoms with Crippen LogP contribution in [0.4, 0.5) is 0 Å². The third-order valence-electron chi connectivity index (χ3n) is 4.49. The number of benzene rings is 1. The summed E-state index contributed by atoms with van der Waals surface area (Å²) in [5.41, 5.74) is 1.14.